The van der Waals surface area contributed by atoms with E-state index in [1.54, 1.807) is 10.9 Å². The molecule has 4 bridgehead atoms. The van der Waals surface area contributed by atoms with Gasteiger partial charge in [0.25, 0.3) is 0 Å². The highest BCUT2D eigenvalue weighted by molar-refractivity contribution is 5.33. The summed E-state index contributed by atoms with van der Waals surface area (Å²) in [5.74, 6) is 3.46. The molecule has 4 nitrogen and oxygen atoms in total. The molecule has 1 N–H and O–H groups in total. The smallest absolute Gasteiger partial charge is 0.103 e. The van der Waals surface area contributed by atoms with E-state index in [1.165, 1.54) is 32.1 Å². The van der Waals surface area contributed by atoms with Crippen molar-refractivity contribution < 1.29 is 5.11 Å². The number of hydrogen-bond acceptors (Lipinski definition) is 3. The number of aryl methyl sites for hydroxylation is 1. The Kier molecular flexibility index (Phi) is 2.68. The number of rotatable bonds is 2. The second-order valence-corrected chi connectivity index (χ2v) is 7.13. The molecule has 4 heteroatoms. The minimum absolute atomic E-state index is 0.338. The van der Waals surface area contributed by atoms with E-state index in [1.807, 2.05) is 7.05 Å². The van der Waals surface area contributed by atoms with Gasteiger partial charge in [-0.1, -0.05) is 0 Å². The van der Waals surface area contributed by atoms with E-state index < -0.39 is 6.10 Å². The Labute approximate surface area is 119 Å². The summed E-state index contributed by atoms with van der Waals surface area (Å²) < 4.78 is 1.69. The molecule has 0 spiro atoms. The quantitative estimate of drug-likeness (QED) is 0.898. The lowest BCUT2D eigenvalue weighted by Gasteiger charge is -2.55. The molecule has 1 heterocycles. The summed E-state index contributed by atoms with van der Waals surface area (Å²) in [5, 5.41) is 24.3. The minimum Gasteiger partial charge on any atom is -0.386 e. The average Bonchev–Trinajstić information content (AvgIpc) is 2.78. The third kappa shape index (κ3) is 1.66. The van der Waals surface area contributed by atoms with E-state index in [4.69, 9.17) is 0 Å². The van der Waals surface area contributed by atoms with Crippen molar-refractivity contribution in [3.63, 3.8) is 0 Å². The summed E-state index contributed by atoms with van der Waals surface area (Å²) in [6.45, 7) is 0. The minimum atomic E-state index is -0.521. The molecule has 5 rings (SSSR count). The van der Waals surface area contributed by atoms with Gasteiger partial charge in [0.15, 0.2) is 0 Å². The van der Waals surface area contributed by atoms with Crippen LogP contribution >= 0.6 is 0 Å². The molecule has 20 heavy (non-hydrogen) atoms. The van der Waals surface area contributed by atoms with Crippen LogP contribution in [0.1, 0.15) is 49.5 Å². The molecule has 1 aromatic rings. The highest BCUT2D eigenvalue weighted by atomic mass is 16.3. The Balaban J connectivity index is 1.67. The van der Waals surface area contributed by atoms with Gasteiger partial charge in [-0.2, -0.15) is 10.4 Å². The first-order chi connectivity index (χ1) is 9.67. The first kappa shape index (κ1) is 12.4. The fourth-order valence-corrected chi connectivity index (χ4v) is 5.55. The highest BCUT2D eigenvalue weighted by Gasteiger charge is 2.51. The van der Waals surface area contributed by atoms with Crippen molar-refractivity contribution >= 4 is 0 Å². The molecule has 4 fully saturated rings. The predicted molar refractivity (Wildman–Crippen MR) is 73.4 cm³/mol. The first-order valence-electron chi connectivity index (χ1n) is 7.77. The monoisotopic (exact) mass is 271 g/mol. The Morgan fingerprint density at radius 3 is 2.40 bits per heavy atom. The molecule has 0 radical (unpaired) electrons. The van der Waals surface area contributed by atoms with Crippen molar-refractivity contribution in [3.05, 3.63) is 17.5 Å². The summed E-state index contributed by atoms with van der Waals surface area (Å²) in [6.07, 6.45) is 7.62. The van der Waals surface area contributed by atoms with Crippen LogP contribution in [0.25, 0.3) is 0 Å². The van der Waals surface area contributed by atoms with Crippen LogP contribution in [0.15, 0.2) is 6.20 Å². The topological polar surface area (TPSA) is 61.8 Å². The summed E-state index contributed by atoms with van der Waals surface area (Å²) in [5.41, 5.74) is 1.26. The second kappa shape index (κ2) is 4.33. The summed E-state index contributed by atoms with van der Waals surface area (Å²) >= 11 is 0. The van der Waals surface area contributed by atoms with Gasteiger partial charge in [0.05, 0.1) is 17.5 Å². The fraction of sp³-hybridized carbons (Fsp3) is 0.750. The average molecular weight is 271 g/mol. The number of nitriles is 1. The van der Waals surface area contributed by atoms with Crippen LogP contribution in [-0.2, 0) is 7.05 Å². The largest absolute Gasteiger partial charge is 0.386 e. The molecule has 0 aromatic carbocycles. The fourth-order valence-electron chi connectivity index (χ4n) is 5.55. The third-order valence-corrected chi connectivity index (χ3v) is 6.05. The molecule has 1 aromatic heterocycles. The summed E-state index contributed by atoms with van der Waals surface area (Å²) in [6, 6.07) is 2.18. The van der Waals surface area contributed by atoms with Crippen LogP contribution < -0.4 is 0 Å². The van der Waals surface area contributed by atoms with Gasteiger partial charge in [0.1, 0.15) is 12.2 Å². The van der Waals surface area contributed by atoms with Gasteiger partial charge in [-0.05, 0) is 61.7 Å². The third-order valence-electron chi connectivity index (χ3n) is 6.05. The molecule has 4 saturated carbocycles. The normalized spacial score (nSPS) is 39.8. The molecule has 0 amide bonds. The van der Waals surface area contributed by atoms with E-state index in [2.05, 4.69) is 11.2 Å². The Morgan fingerprint density at radius 1 is 1.25 bits per heavy atom. The zero-order valence-corrected chi connectivity index (χ0v) is 11.9. The van der Waals surface area contributed by atoms with E-state index in [0.717, 1.165) is 17.5 Å². The van der Waals surface area contributed by atoms with Crippen molar-refractivity contribution in [1.82, 2.24) is 9.78 Å². The predicted octanol–water partition coefficient (Wildman–Crippen LogP) is 2.40. The molecular weight excluding hydrogens is 250 g/mol. The van der Waals surface area contributed by atoms with Gasteiger partial charge >= 0.3 is 0 Å². The van der Waals surface area contributed by atoms with Gasteiger partial charge in [0.2, 0.25) is 0 Å². The van der Waals surface area contributed by atoms with E-state index in [9.17, 15) is 10.4 Å². The number of aliphatic hydroxyl groups is 1. The van der Waals surface area contributed by atoms with Gasteiger partial charge in [-0.25, -0.2) is 0 Å². The Morgan fingerprint density at radius 2 is 1.85 bits per heavy atom. The van der Waals surface area contributed by atoms with Gasteiger partial charge < -0.3 is 5.11 Å². The Bertz CT molecular complexity index is 543. The standard InChI is InChI=1S/C16H21N3O/c1-19-15(13(7-17)8-18-19)16(20)14-11-3-9-2-10(5-11)6-12(14)4-9/h8-12,14,16,20H,2-6H2,1H3. The number of aromatic nitrogens is 2. The molecule has 0 saturated heterocycles. The molecule has 106 valence electrons. The Hall–Kier alpha value is -1.34. The second-order valence-electron chi connectivity index (χ2n) is 7.13. The van der Waals surface area contributed by atoms with Crippen molar-refractivity contribution in [1.29, 1.82) is 5.26 Å². The van der Waals surface area contributed by atoms with Crippen LogP contribution in [0.5, 0.6) is 0 Å². The zero-order chi connectivity index (χ0) is 13.9. The maximum Gasteiger partial charge on any atom is 0.103 e. The first-order valence-corrected chi connectivity index (χ1v) is 7.77. The number of hydrogen-bond donors (Lipinski definition) is 1. The molecule has 1 unspecified atom stereocenters. The molecule has 4 aliphatic rings. The number of aliphatic hydroxyl groups excluding tert-OH is 1. The molecule has 4 aliphatic carbocycles. The molecular formula is C16H21N3O. The van der Waals surface area contributed by atoms with Crippen LogP contribution in [0, 0.1) is 40.9 Å². The van der Waals surface area contributed by atoms with E-state index >= 15 is 0 Å². The van der Waals surface area contributed by atoms with E-state index in [-0.39, 0.29) is 0 Å². The van der Waals surface area contributed by atoms with Crippen molar-refractivity contribution in [3.8, 4) is 6.07 Å². The summed E-state index contributed by atoms with van der Waals surface area (Å²) in [4.78, 5) is 0. The van der Waals surface area contributed by atoms with Crippen molar-refractivity contribution in [2.24, 2.45) is 36.6 Å². The SMILES string of the molecule is Cn1ncc(C#N)c1C(O)C1C2CC3CC(C2)CC1C3. The maximum absolute atomic E-state index is 10.9. The van der Waals surface area contributed by atoms with Crippen molar-refractivity contribution in [2.75, 3.05) is 0 Å². The van der Waals surface area contributed by atoms with Gasteiger partial charge in [-0.15, -0.1) is 0 Å². The van der Waals surface area contributed by atoms with Crippen LogP contribution in [-0.4, -0.2) is 14.9 Å². The molecule has 0 aliphatic heterocycles. The van der Waals surface area contributed by atoms with Crippen LogP contribution in [0.4, 0.5) is 0 Å². The lowest BCUT2D eigenvalue weighted by molar-refractivity contribution is -0.0928. The summed E-state index contributed by atoms with van der Waals surface area (Å²) in [7, 11) is 1.83. The van der Waals surface area contributed by atoms with Crippen LogP contribution in [0.2, 0.25) is 0 Å². The van der Waals surface area contributed by atoms with Gasteiger partial charge in [0, 0.05) is 7.05 Å². The number of nitrogens with zero attached hydrogens (tertiary/aromatic N) is 3. The molecule has 1 atom stereocenters. The lowest BCUT2D eigenvalue weighted by atomic mass is 9.50. The van der Waals surface area contributed by atoms with Gasteiger partial charge in [-0.3, -0.25) is 4.68 Å². The van der Waals surface area contributed by atoms with Crippen molar-refractivity contribution in [2.45, 2.75) is 38.2 Å². The zero-order valence-electron chi connectivity index (χ0n) is 11.9. The highest BCUT2D eigenvalue weighted by Crippen LogP contribution is 2.59. The van der Waals surface area contributed by atoms with E-state index in [0.29, 0.717) is 23.3 Å². The maximum atomic E-state index is 10.9. The van der Waals surface area contributed by atoms with Crippen LogP contribution in [0.3, 0.4) is 0 Å². The lowest BCUT2D eigenvalue weighted by Crippen LogP contribution is -2.47.